The molecule has 0 aromatic heterocycles. The van der Waals surface area contributed by atoms with Gasteiger partial charge in [-0.1, -0.05) is 94.3 Å². The molecule has 10 heteroatoms. The van der Waals surface area contributed by atoms with E-state index in [1.165, 1.54) is 0 Å². The lowest BCUT2D eigenvalue weighted by Gasteiger charge is -2.36. The third kappa shape index (κ3) is 10.2. The van der Waals surface area contributed by atoms with Gasteiger partial charge in [0, 0.05) is 19.4 Å². The largest absolute Gasteiger partial charge is 0.366 e. The summed E-state index contributed by atoms with van der Waals surface area (Å²) in [6, 6.07) is 15.7. The molecule has 5 atom stereocenters. The highest BCUT2D eigenvalue weighted by molar-refractivity contribution is 5.98. The molecule has 1 unspecified atom stereocenters. The number of unbranched alkanes of at least 4 members (excludes halogenated alkanes) is 2. The molecular formula is C37H50N4O6. The van der Waals surface area contributed by atoms with Gasteiger partial charge < -0.3 is 25.6 Å². The number of ether oxygens (including phenoxy) is 1. The Labute approximate surface area is 278 Å². The van der Waals surface area contributed by atoms with Crippen molar-refractivity contribution in [3.63, 3.8) is 0 Å². The lowest BCUT2D eigenvalue weighted by atomic mass is 9.85. The molecule has 2 saturated heterocycles. The number of nitrogens with one attached hydrogen (secondary N) is 3. The number of fused-ring (bicyclic) bond motifs is 1. The van der Waals surface area contributed by atoms with Gasteiger partial charge in [0.1, 0.15) is 30.3 Å². The van der Waals surface area contributed by atoms with Crippen molar-refractivity contribution in [1.29, 1.82) is 0 Å². The number of carbonyl (C=O) groups is 5. The molecule has 0 aliphatic carbocycles. The Balaban J connectivity index is 1.40. The quantitative estimate of drug-likeness (QED) is 0.300. The summed E-state index contributed by atoms with van der Waals surface area (Å²) < 4.78 is 5.75. The molecule has 0 spiro atoms. The van der Waals surface area contributed by atoms with Gasteiger partial charge in [-0.25, -0.2) is 0 Å². The number of nitrogens with zero attached hydrogens (tertiary/aromatic N) is 1. The Kier molecular flexibility index (Phi) is 12.7. The number of rotatable bonds is 12. The zero-order chi connectivity index (χ0) is 34.0. The molecule has 2 heterocycles. The topological polar surface area (TPSA) is 134 Å². The van der Waals surface area contributed by atoms with Crippen LogP contribution in [0.3, 0.4) is 0 Å². The van der Waals surface area contributed by atoms with E-state index in [-0.39, 0.29) is 24.0 Å². The number of Topliss-reactive ketones (excluding diaryl/α,β-unsaturated/α-hetero) is 1. The van der Waals surface area contributed by atoms with Crippen molar-refractivity contribution in [3.05, 3.63) is 71.8 Å². The van der Waals surface area contributed by atoms with E-state index in [4.69, 9.17) is 4.74 Å². The van der Waals surface area contributed by atoms with E-state index in [0.29, 0.717) is 58.1 Å². The average Bonchev–Trinajstić information content (AvgIpc) is 3.55. The zero-order valence-corrected chi connectivity index (χ0v) is 28.1. The van der Waals surface area contributed by atoms with Crippen molar-refractivity contribution < 1.29 is 28.7 Å². The summed E-state index contributed by atoms with van der Waals surface area (Å²) in [5, 5.41) is 8.74. The molecule has 2 fully saturated rings. The molecule has 0 bridgehead atoms. The van der Waals surface area contributed by atoms with Crippen LogP contribution < -0.4 is 16.0 Å². The lowest BCUT2D eigenvalue weighted by molar-refractivity contribution is -0.144. The van der Waals surface area contributed by atoms with Gasteiger partial charge in [-0.05, 0) is 49.1 Å². The Morgan fingerprint density at radius 1 is 0.830 bits per heavy atom. The minimum atomic E-state index is -0.940. The zero-order valence-electron chi connectivity index (χ0n) is 28.1. The number of carbonyl (C=O) groups excluding carboxylic acids is 5. The summed E-state index contributed by atoms with van der Waals surface area (Å²) in [7, 11) is 0. The number of hydrogen-bond donors (Lipinski definition) is 3. The Morgan fingerprint density at radius 3 is 2.13 bits per heavy atom. The standard InChI is InChI=1S/C37H50N4O6/c1-25(47-24-27-17-10-6-11-18-27)31(42)21-13-7-12-19-28-33(43)40-32(37(2,3)4)35(45)39-29(23-26-15-8-5-9-16-26)36(46)41-22-14-20-30(41)34(44)38-28/h5-6,8-11,15-18,25,28-30,32H,7,12-14,19-24H2,1-4H3,(H,38,44)(H,39,45)(H,40,43)/t25?,28-,29+,30+,32-/m0/s1. The highest BCUT2D eigenvalue weighted by Gasteiger charge is 2.42. The molecule has 2 aliphatic rings. The number of amides is 4. The van der Waals surface area contributed by atoms with Gasteiger partial charge in [0.05, 0.1) is 6.61 Å². The molecule has 10 nitrogen and oxygen atoms in total. The third-order valence-corrected chi connectivity index (χ3v) is 9.00. The van der Waals surface area contributed by atoms with Crippen molar-refractivity contribution in [1.82, 2.24) is 20.9 Å². The molecule has 254 valence electrons. The number of hydrogen-bond acceptors (Lipinski definition) is 6. The summed E-state index contributed by atoms with van der Waals surface area (Å²) in [6.07, 6.45) is 3.46. The summed E-state index contributed by atoms with van der Waals surface area (Å²) in [6.45, 7) is 8.09. The van der Waals surface area contributed by atoms with Gasteiger partial charge >= 0.3 is 0 Å². The van der Waals surface area contributed by atoms with Crippen LogP contribution in [0.4, 0.5) is 0 Å². The Bertz CT molecular complexity index is 1380. The highest BCUT2D eigenvalue weighted by atomic mass is 16.5. The fourth-order valence-electron chi connectivity index (χ4n) is 6.18. The maximum absolute atomic E-state index is 13.9. The molecule has 4 rings (SSSR count). The monoisotopic (exact) mass is 646 g/mol. The van der Waals surface area contributed by atoms with Gasteiger partial charge in [-0.2, -0.15) is 0 Å². The van der Waals surface area contributed by atoms with Gasteiger partial charge in [-0.3, -0.25) is 24.0 Å². The van der Waals surface area contributed by atoms with Crippen LogP contribution in [0.25, 0.3) is 0 Å². The van der Waals surface area contributed by atoms with E-state index in [1.54, 1.807) is 11.8 Å². The Morgan fingerprint density at radius 2 is 1.47 bits per heavy atom. The fourth-order valence-corrected chi connectivity index (χ4v) is 6.18. The van der Waals surface area contributed by atoms with Crippen LogP contribution in [0, 0.1) is 5.41 Å². The van der Waals surface area contributed by atoms with E-state index < -0.39 is 47.5 Å². The first-order valence-electron chi connectivity index (χ1n) is 16.9. The maximum atomic E-state index is 13.9. The third-order valence-electron chi connectivity index (χ3n) is 9.00. The van der Waals surface area contributed by atoms with Crippen molar-refractivity contribution >= 4 is 29.4 Å². The predicted octanol–water partition coefficient (Wildman–Crippen LogP) is 3.86. The second kappa shape index (κ2) is 16.7. The van der Waals surface area contributed by atoms with Crippen LogP contribution >= 0.6 is 0 Å². The maximum Gasteiger partial charge on any atom is 0.246 e. The van der Waals surface area contributed by atoms with Gasteiger partial charge in [0.25, 0.3) is 0 Å². The molecule has 47 heavy (non-hydrogen) atoms. The van der Waals surface area contributed by atoms with E-state index in [0.717, 1.165) is 11.1 Å². The molecule has 0 radical (unpaired) electrons. The molecule has 2 aromatic carbocycles. The van der Waals surface area contributed by atoms with Crippen molar-refractivity contribution in [2.45, 2.75) is 116 Å². The van der Waals surface area contributed by atoms with Crippen LogP contribution in [0.2, 0.25) is 0 Å². The second-order valence-corrected chi connectivity index (χ2v) is 13.8. The summed E-state index contributed by atoms with van der Waals surface area (Å²) in [5.74, 6) is -1.53. The van der Waals surface area contributed by atoms with E-state index >= 15 is 0 Å². The minimum Gasteiger partial charge on any atom is -0.366 e. The fraction of sp³-hybridized carbons (Fsp3) is 0.541. The summed E-state index contributed by atoms with van der Waals surface area (Å²) in [4.78, 5) is 69.2. The van der Waals surface area contributed by atoms with Gasteiger partial charge in [-0.15, -0.1) is 0 Å². The normalized spacial score (nSPS) is 23.1. The molecular weight excluding hydrogens is 596 g/mol. The van der Waals surface area contributed by atoms with Gasteiger partial charge in [0.2, 0.25) is 23.6 Å². The average molecular weight is 647 g/mol. The Hall–Kier alpha value is -4.05. The first-order valence-corrected chi connectivity index (χ1v) is 16.9. The summed E-state index contributed by atoms with van der Waals surface area (Å²) >= 11 is 0. The first kappa shape index (κ1) is 35.8. The van der Waals surface area contributed by atoms with E-state index in [1.807, 2.05) is 81.4 Å². The number of benzene rings is 2. The molecule has 2 aliphatic heterocycles. The van der Waals surface area contributed by atoms with E-state index in [9.17, 15) is 24.0 Å². The van der Waals surface area contributed by atoms with Crippen LogP contribution in [-0.4, -0.2) is 71.1 Å². The first-order chi connectivity index (χ1) is 22.4. The second-order valence-electron chi connectivity index (χ2n) is 13.8. The molecule has 2 aromatic rings. The van der Waals surface area contributed by atoms with Crippen molar-refractivity contribution in [2.75, 3.05) is 6.54 Å². The summed E-state index contributed by atoms with van der Waals surface area (Å²) in [5.41, 5.74) is 1.22. The van der Waals surface area contributed by atoms with Crippen LogP contribution in [0.15, 0.2) is 60.7 Å². The van der Waals surface area contributed by atoms with Crippen LogP contribution in [0.1, 0.15) is 83.8 Å². The highest BCUT2D eigenvalue weighted by Crippen LogP contribution is 2.24. The number of ketones is 1. The smallest absolute Gasteiger partial charge is 0.246 e. The SMILES string of the molecule is CC(OCc1ccccc1)C(=O)CCCCC[C@@H]1NC(=O)[C@H]2CCCN2C(=O)[C@@H](Cc2ccccc2)NC(=O)[C@@H](C(C)(C)C)NC1=O. The predicted molar refractivity (Wildman–Crippen MR) is 179 cm³/mol. The van der Waals surface area contributed by atoms with Crippen molar-refractivity contribution in [2.24, 2.45) is 5.41 Å². The minimum absolute atomic E-state index is 0.0218. The van der Waals surface area contributed by atoms with E-state index in [2.05, 4.69) is 16.0 Å². The molecule has 3 N–H and O–H groups in total. The van der Waals surface area contributed by atoms with Gasteiger partial charge in [0.15, 0.2) is 5.78 Å². The van der Waals surface area contributed by atoms with Crippen LogP contribution in [-0.2, 0) is 41.7 Å². The van der Waals surface area contributed by atoms with Crippen LogP contribution in [0.5, 0.6) is 0 Å². The molecule has 0 saturated carbocycles. The lowest BCUT2D eigenvalue weighted by Crippen LogP contribution is -2.63. The molecule has 4 amide bonds. The van der Waals surface area contributed by atoms with Crippen molar-refractivity contribution in [3.8, 4) is 0 Å².